The summed E-state index contributed by atoms with van der Waals surface area (Å²) in [6, 6.07) is 14.7. The van der Waals surface area contributed by atoms with Crippen molar-refractivity contribution in [3.05, 3.63) is 72.1 Å². The molecule has 4 nitrogen and oxygen atoms in total. The summed E-state index contributed by atoms with van der Waals surface area (Å²) in [5, 5.41) is 2.72. The van der Waals surface area contributed by atoms with Crippen molar-refractivity contribution in [3.63, 3.8) is 0 Å². The summed E-state index contributed by atoms with van der Waals surface area (Å²) in [4.78, 5) is 25.9. The Morgan fingerprint density at radius 2 is 1.83 bits per heavy atom. The third-order valence-corrected chi connectivity index (χ3v) is 3.89. The highest BCUT2D eigenvalue weighted by molar-refractivity contribution is 6.03. The lowest BCUT2D eigenvalue weighted by Gasteiger charge is -2.16. The van der Waals surface area contributed by atoms with Crippen LogP contribution < -0.4 is 10.2 Å². The Hall–Kier alpha value is -2.95. The minimum Gasteiger partial charge on any atom is -0.341 e. The molecule has 1 heterocycles. The van der Waals surface area contributed by atoms with Gasteiger partial charge in [0.05, 0.1) is 0 Å². The smallest absolute Gasteiger partial charge is 0.249 e. The minimum absolute atomic E-state index is 0.178. The van der Waals surface area contributed by atoms with Gasteiger partial charge in [-0.1, -0.05) is 30.3 Å². The topological polar surface area (TPSA) is 49.4 Å². The summed E-state index contributed by atoms with van der Waals surface area (Å²) in [6.07, 6.45) is 3.65. The van der Waals surface area contributed by atoms with Crippen molar-refractivity contribution < 1.29 is 14.0 Å². The van der Waals surface area contributed by atoms with Gasteiger partial charge in [0.2, 0.25) is 11.8 Å². The first-order chi connectivity index (χ1) is 11.6. The Morgan fingerprint density at radius 3 is 2.54 bits per heavy atom. The fourth-order valence-electron chi connectivity index (χ4n) is 2.65. The minimum atomic E-state index is -0.553. The predicted molar refractivity (Wildman–Crippen MR) is 90.8 cm³/mol. The first kappa shape index (κ1) is 15.9. The van der Waals surface area contributed by atoms with Gasteiger partial charge in [0.15, 0.2) is 0 Å². The standard InChI is InChI=1S/C19H17FN2O2/c20-15-7-9-16(10-8-15)22-13-12-17(19(22)24)21-18(23)11-6-14-4-2-1-3-5-14/h1-11,17H,12-13H2,(H,21,23)/b11-6+. The van der Waals surface area contributed by atoms with Gasteiger partial charge in [-0.2, -0.15) is 0 Å². The van der Waals surface area contributed by atoms with E-state index in [4.69, 9.17) is 0 Å². The van der Waals surface area contributed by atoms with Crippen molar-refractivity contribution in [2.24, 2.45) is 0 Å². The van der Waals surface area contributed by atoms with E-state index >= 15 is 0 Å². The number of carbonyl (C=O) groups excluding carboxylic acids is 2. The number of nitrogens with one attached hydrogen (secondary N) is 1. The van der Waals surface area contributed by atoms with Crippen LogP contribution in [0.15, 0.2) is 60.7 Å². The molecule has 1 N–H and O–H groups in total. The number of anilines is 1. The quantitative estimate of drug-likeness (QED) is 0.879. The van der Waals surface area contributed by atoms with Crippen LogP contribution in [0.5, 0.6) is 0 Å². The predicted octanol–water partition coefficient (Wildman–Crippen LogP) is 2.76. The fraction of sp³-hybridized carbons (Fsp3) is 0.158. The number of nitrogens with zero attached hydrogens (tertiary/aromatic N) is 1. The molecule has 0 saturated carbocycles. The third kappa shape index (κ3) is 3.68. The molecule has 0 bridgehead atoms. The molecule has 1 fully saturated rings. The molecule has 1 atom stereocenters. The van der Waals surface area contributed by atoms with Gasteiger partial charge in [0.1, 0.15) is 11.9 Å². The number of rotatable bonds is 4. The van der Waals surface area contributed by atoms with Gasteiger partial charge < -0.3 is 10.2 Å². The molecule has 24 heavy (non-hydrogen) atoms. The van der Waals surface area contributed by atoms with Crippen molar-refractivity contribution >= 4 is 23.6 Å². The molecule has 1 aliphatic rings. The molecule has 2 aromatic carbocycles. The third-order valence-electron chi connectivity index (χ3n) is 3.89. The molecule has 0 aromatic heterocycles. The van der Waals surface area contributed by atoms with E-state index in [0.717, 1.165) is 5.56 Å². The Bertz CT molecular complexity index is 757. The van der Waals surface area contributed by atoms with E-state index < -0.39 is 6.04 Å². The largest absolute Gasteiger partial charge is 0.341 e. The van der Waals surface area contributed by atoms with Crippen LogP contribution in [0.1, 0.15) is 12.0 Å². The van der Waals surface area contributed by atoms with E-state index in [0.29, 0.717) is 18.7 Å². The van der Waals surface area contributed by atoms with Crippen LogP contribution in [0.4, 0.5) is 10.1 Å². The molecule has 122 valence electrons. The van der Waals surface area contributed by atoms with Crippen LogP contribution in [-0.4, -0.2) is 24.4 Å². The van der Waals surface area contributed by atoms with Crippen LogP contribution in [0.2, 0.25) is 0 Å². The van der Waals surface area contributed by atoms with Gasteiger partial charge >= 0.3 is 0 Å². The molecule has 1 saturated heterocycles. The van der Waals surface area contributed by atoms with Gasteiger partial charge in [0, 0.05) is 18.3 Å². The SMILES string of the molecule is O=C(/C=C/c1ccccc1)NC1CCN(c2ccc(F)cc2)C1=O. The lowest BCUT2D eigenvalue weighted by atomic mass is 10.2. The van der Waals surface area contributed by atoms with Crippen molar-refractivity contribution in [1.29, 1.82) is 0 Å². The van der Waals surface area contributed by atoms with E-state index in [1.807, 2.05) is 30.3 Å². The lowest BCUT2D eigenvalue weighted by molar-refractivity contribution is -0.123. The van der Waals surface area contributed by atoms with Crippen molar-refractivity contribution in [1.82, 2.24) is 5.32 Å². The highest BCUT2D eigenvalue weighted by Crippen LogP contribution is 2.21. The van der Waals surface area contributed by atoms with Crippen LogP contribution in [-0.2, 0) is 9.59 Å². The molecule has 5 heteroatoms. The van der Waals surface area contributed by atoms with Crippen LogP contribution in [0.3, 0.4) is 0 Å². The lowest BCUT2D eigenvalue weighted by Crippen LogP contribution is -2.40. The molecule has 1 aliphatic heterocycles. The number of halogens is 1. The van der Waals surface area contributed by atoms with Gasteiger partial charge in [-0.15, -0.1) is 0 Å². The summed E-state index contributed by atoms with van der Waals surface area (Å²) in [7, 11) is 0. The average Bonchev–Trinajstić information content (AvgIpc) is 2.95. The van der Waals surface area contributed by atoms with Crippen LogP contribution >= 0.6 is 0 Å². The van der Waals surface area contributed by atoms with Crippen molar-refractivity contribution in [2.45, 2.75) is 12.5 Å². The molecule has 0 spiro atoms. The average molecular weight is 324 g/mol. The normalized spacial score (nSPS) is 17.5. The molecule has 2 amide bonds. The zero-order valence-electron chi connectivity index (χ0n) is 13.0. The van der Waals surface area contributed by atoms with Gasteiger partial charge in [0.25, 0.3) is 0 Å². The van der Waals surface area contributed by atoms with Crippen LogP contribution in [0, 0.1) is 5.82 Å². The summed E-state index contributed by atoms with van der Waals surface area (Å²) in [5.41, 5.74) is 1.55. The van der Waals surface area contributed by atoms with Gasteiger partial charge in [-0.3, -0.25) is 9.59 Å². The number of benzene rings is 2. The number of carbonyl (C=O) groups is 2. The summed E-state index contributed by atoms with van der Waals surface area (Å²) >= 11 is 0. The molecular formula is C19H17FN2O2. The summed E-state index contributed by atoms with van der Waals surface area (Å²) < 4.78 is 13.0. The van der Waals surface area contributed by atoms with Gasteiger partial charge in [-0.05, 0) is 42.3 Å². The molecular weight excluding hydrogens is 307 g/mol. The molecule has 0 radical (unpaired) electrons. The number of hydrogen-bond acceptors (Lipinski definition) is 2. The zero-order chi connectivity index (χ0) is 16.9. The summed E-state index contributed by atoms with van der Waals surface area (Å²) in [6.45, 7) is 0.498. The number of amides is 2. The Labute approximate surface area is 139 Å². The summed E-state index contributed by atoms with van der Waals surface area (Å²) in [5.74, 6) is -0.831. The van der Waals surface area contributed by atoms with Gasteiger partial charge in [-0.25, -0.2) is 4.39 Å². The maximum atomic E-state index is 13.0. The molecule has 1 unspecified atom stereocenters. The Balaban J connectivity index is 1.60. The maximum absolute atomic E-state index is 13.0. The van der Waals surface area contributed by atoms with E-state index in [1.165, 1.54) is 18.2 Å². The number of hydrogen-bond donors (Lipinski definition) is 1. The second-order valence-corrected chi connectivity index (χ2v) is 5.56. The Kier molecular flexibility index (Phi) is 4.70. The Morgan fingerprint density at radius 1 is 1.12 bits per heavy atom. The zero-order valence-corrected chi connectivity index (χ0v) is 13.0. The van der Waals surface area contributed by atoms with Crippen LogP contribution in [0.25, 0.3) is 6.08 Å². The molecule has 2 aromatic rings. The van der Waals surface area contributed by atoms with Crippen molar-refractivity contribution in [3.8, 4) is 0 Å². The monoisotopic (exact) mass is 324 g/mol. The first-order valence-electron chi connectivity index (χ1n) is 7.74. The second-order valence-electron chi connectivity index (χ2n) is 5.56. The van der Waals surface area contributed by atoms with E-state index in [-0.39, 0.29) is 17.6 Å². The highest BCUT2D eigenvalue weighted by Gasteiger charge is 2.33. The highest BCUT2D eigenvalue weighted by atomic mass is 19.1. The van der Waals surface area contributed by atoms with E-state index in [2.05, 4.69) is 5.32 Å². The second kappa shape index (κ2) is 7.08. The molecule has 0 aliphatic carbocycles. The fourth-order valence-corrected chi connectivity index (χ4v) is 2.65. The maximum Gasteiger partial charge on any atom is 0.249 e. The first-order valence-corrected chi connectivity index (χ1v) is 7.74. The van der Waals surface area contributed by atoms with Crippen molar-refractivity contribution in [2.75, 3.05) is 11.4 Å². The van der Waals surface area contributed by atoms with E-state index in [1.54, 1.807) is 23.1 Å². The molecule has 3 rings (SSSR count). The van der Waals surface area contributed by atoms with E-state index in [9.17, 15) is 14.0 Å².